The number of ether oxygens (including phenoxy) is 1. The fourth-order valence-corrected chi connectivity index (χ4v) is 4.05. The van der Waals surface area contributed by atoms with E-state index in [1.165, 1.54) is 18.2 Å². The van der Waals surface area contributed by atoms with Gasteiger partial charge in [-0.05, 0) is 51.3 Å². The fourth-order valence-electron chi connectivity index (χ4n) is 4.05. The van der Waals surface area contributed by atoms with Crippen molar-refractivity contribution in [2.45, 2.75) is 39.2 Å². The van der Waals surface area contributed by atoms with Crippen molar-refractivity contribution >= 4 is 11.9 Å². The maximum Gasteiger partial charge on any atom is 0.308 e. The number of nitrogens with zero attached hydrogens (tertiary/aromatic N) is 2. The van der Waals surface area contributed by atoms with Crippen LogP contribution in [-0.4, -0.2) is 55.0 Å². The van der Waals surface area contributed by atoms with Crippen LogP contribution in [0.15, 0.2) is 24.3 Å². The zero-order chi connectivity index (χ0) is 18.5. The average Bonchev–Trinajstić information content (AvgIpc) is 2.69. The quantitative estimate of drug-likeness (QED) is 0.777. The third-order valence-corrected chi connectivity index (χ3v) is 5.80. The van der Waals surface area contributed by atoms with Crippen molar-refractivity contribution in [3.8, 4) is 0 Å². The van der Waals surface area contributed by atoms with E-state index >= 15 is 0 Å². The zero-order valence-corrected chi connectivity index (χ0v) is 15.9. The molecule has 0 aromatic heterocycles. The Morgan fingerprint density at radius 3 is 2.12 bits per heavy atom. The number of carbonyl (C=O) groups is 2. The zero-order valence-electron chi connectivity index (χ0n) is 15.9. The molecule has 0 atom stereocenters. The van der Waals surface area contributed by atoms with E-state index in [2.05, 4.69) is 36.1 Å². The maximum atomic E-state index is 12.8. The summed E-state index contributed by atoms with van der Waals surface area (Å²) in [6.07, 6.45) is 3.32. The predicted octanol–water partition coefficient (Wildman–Crippen LogP) is 2.62. The number of piperidine rings is 2. The summed E-state index contributed by atoms with van der Waals surface area (Å²) in [4.78, 5) is 28.8. The first-order valence-electron chi connectivity index (χ1n) is 9.71. The van der Waals surface area contributed by atoms with E-state index in [1.807, 2.05) is 4.90 Å². The fraction of sp³-hybridized carbons (Fsp3) is 0.619. The van der Waals surface area contributed by atoms with Crippen LogP contribution in [0.5, 0.6) is 0 Å². The summed E-state index contributed by atoms with van der Waals surface area (Å²) in [6, 6.07) is 8.70. The van der Waals surface area contributed by atoms with E-state index in [1.54, 1.807) is 0 Å². The first kappa shape index (κ1) is 18.9. The number of amides is 1. The van der Waals surface area contributed by atoms with Gasteiger partial charge in [0.1, 0.15) is 0 Å². The summed E-state index contributed by atoms with van der Waals surface area (Å²) in [5.41, 5.74) is 2.62. The van der Waals surface area contributed by atoms with E-state index < -0.39 is 0 Å². The highest BCUT2D eigenvalue weighted by molar-refractivity contribution is 5.79. The minimum absolute atomic E-state index is 0.0413. The molecule has 0 bridgehead atoms. The molecule has 0 radical (unpaired) electrons. The lowest BCUT2D eigenvalue weighted by atomic mass is 9.92. The highest BCUT2D eigenvalue weighted by Crippen LogP contribution is 2.25. The highest BCUT2D eigenvalue weighted by atomic mass is 16.5. The van der Waals surface area contributed by atoms with Crippen molar-refractivity contribution < 1.29 is 14.3 Å². The third kappa shape index (κ3) is 4.64. The first-order valence-corrected chi connectivity index (χ1v) is 9.71. The van der Waals surface area contributed by atoms with Crippen LogP contribution < -0.4 is 0 Å². The van der Waals surface area contributed by atoms with Crippen LogP contribution >= 0.6 is 0 Å². The van der Waals surface area contributed by atoms with Crippen molar-refractivity contribution in [3.05, 3.63) is 35.4 Å². The molecule has 2 fully saturated rings. The van der Waals surface area contributed by atoms with Gasteiger partial charge in [-0.25, -0.2) is 0 Å². The number of methoxy groups -OCH3 is 1. The number of rotatable bonds is 4. The molecule has 142 valence electrons. The van der Waals surface area contributed by atoms with Gasteiger partial charge < -0.3 is 9.64 Å². The Hall–Kier alpha value is -1.88. The molecule has 0 spiro atoms. The molecule has 26 heavy (non-hydrogen) atoms. The molecule has 2 aliphatic rings. The summed E-state index contributed by atoms with van der Waals surface area (Å²) in [5.74, 6) is 0.240. The maximum absolute atomic E-state index is 12.8. The minimum atomic E-state index is -0.137. The summed E-state index contributed by atoms with van der Waals surface area (Å²) in [6.45, 7) is 6.39. The van der Waals surface area contributed by atoms with Gasteiger partial charge >= 0.3 is 5.97 Å². The molecule has 2 heterocycles. The SMILES string of the molecule is COC(=O)C1CCN(C(=O)C2CCN(Cc3ccc(C)cc3)CC2)CC1. The Bertz CT molecular complexity index is 613. The van der Waals surface area contributed by atoms with Crippen LogP contribution in [0, 0.1) is 18.8 Å². The summed E-state index contributed by atoms with van der Waals surface area (Å²) >= 11 is 0. The topological polar surface area (TPSA) is 49.9 Å². The Morgan fingerprint density at radius 1 is 0.962 bits per heavy atom. The minimum Gasteiger partial charge on any atom is -0.469 e. The second-order valence-electron chi connectivity index (χ2n) is 7.66. The third-order valence-electron chi connectivity index (χ3n) is 5.80. The molecule has 0 aliphatic carbocycles. The molecular weight excluding hydrogens is 328 g/mol. The number of benzene rings is 1. The predicted molar refractivity (Wildman–Crippen MR) is 101 cm³/mol. The number of hydrogen-bond acceptors (Lipinski definition) is 4. The molecule has 0 N–H and O–H groups in total. The van der Waals surface area contributed by atoms with Gasteiger partial charge in [-0.2, -0.15) is 0 Å². The van der Waals surface area contributed by atoms with Gasteiger partial charge in [0.2, 0.25) is 5.91 Å². The van der Waals surface area contributed by atoms with E-state index in [9.17, 15) is 9.59 Å². The van der Waals surface area contributed by atoms with Gasteiger partial charge in [0.25, 0.3) is 0 Å². The Kier molecular flexibility index (Phi) is 6.30. The first-order chi connectivity index (χ1) is 12.6. The molecule has 3 rings (SSSR count). The van der Waals surface area contributed by atoms with Gasteiger partial charge in [0, 0.05) is 25.6 Å². The van der Waals surface area contributed by atoms with Crippen LogP contribution in [0.25, 0.3) is 0 Å². The van der Waals surface area contributed by atoms with Crippen LogP contribution in [0.2, 0.25) is 0 Å². The van der Waals surface area contributed by atoms with Crippen molar-refractivity contribution in [1.82, 2.24) is 9.80 Å². The summed E-state index contributed by atoms with van der Waals surface area (Å²) < 4.78 is 4.82. The monoisotopic (exact) mass is 358 g/mol. The van der Waals surface area contributed by atoms with Gasteiger partial charge in [-0.3, -0.25) is 14.5 Å². The molecule has 1 aromatic carbocycles. The number of aryl methyl sites for hydroxylation is 1. The molecule has 0 unspecified atom stereocenters. The van der Waals surface area contributed by atoms with E-state index in [0.717, 1.165) is 45.3 Å². The van der Waals surface area contributed by atoms with Crippen molar-refractivity contribution in [2.75, 3.05) is 33.3 Å². The molecular formula is C21H30N2O3. The standard InChI is InChI=1S/C21H30N2O3/c1-16-3-5-17(6-4-16)15-22-11-7-18(8-12-22)20(24)23-13-9-19(10-14-23)21(25)26-2/h3-6,18-19H,7-15H2,1-2H3. The smallest absolute Gasteiger partial charge is 0.308 e. The summed E-state index contributed by atoms with van der Waals surface area (Å²) in [7, 11) is 1.43. The van der Waals surface area contributed by atoms with Gasteiger partial charge in [-0.15, -0.1) is 0 Å². The van der Waals surface area contributed by atoms with E-state index in [-0.39, 0.29) is 23.7 Å². The molecule has 5 heteroatoms. The number of carbonyl (C=O) groups excluding carboxylic acids is 2. The molecule has 2 aliphatic heterocycles. The number of esters is 1. The second kappa shape index (κ2) is 8.67. The summed E-state index contributed by atoms with van der Waals surface area (Å²) in [5, 5.41) is 0. The van der Waals surface area contributed by atoms with Gasteiger partial charge in [0.05, 0.1) is 13.0 Å². The lowest BCUT2D eigenvalue weighted by Gasteiger charge is -2.36. The van der Waals surface area contributed by atoms with Crippen molar-refractivity contribution in [1.29, 1.82) is 0 Å². The number of likely N-dealkylation sites (tertiary alicyclic amines) is 2. The van der Waals surface area contributed by atoms with Crippen LogP contribution in [-0.2, 0) is 20.9 Å². The van der Waals surface area contributed by atoms with Gasteiger partial charge in [-0.1, -0.05) is 29.8 Å². The van der Waals surface area contributed by atoms with Crippen LogP contribution in [0.4, 0.5) is 0 Å². The average molecular weight is 358 g/mol. The van der Waals surface area contributed by atoms with Crippen LogP contribution in [0.1, 0.15) is 36.8 Å². The highest BCUT2D eigenvalue weighted by Gasteiger charge is 2.32. The second-order valence-corrected chi connectivity index (χ2v) is 7.66. The van der Waals surface area contributed by atoms with Crippen molar-refractivity contribution in [2.24, 2.45) is 11.8 Å². The van der Waals surface area contributed by atoms with Crippen molar-refractivity contribution in [3.63, 3.8) is 0 Å². The van der Waals surface area contributed by atoms with E-state index in [4.69, 9.17) is 4.74 Å². The largest absolute Gasteiger partial charge is 0.469 e. The Labute approximate surface area is 156 Å². The van der Waals surface area contributed by atoms with Gasteiger partial charge in [0.15, 0.2) is 0 Å². The molecule has 5 nitrogen and oxygen atoms in total. The molecule has 1 aromatic rings. The number of hydrogen-bond donors (Lipinski definition) is 0. The Balaban J connectivity index is 1.44. The lowest BCUT2D eigenvalue weighted by molar-refractivity contribution is -0.150. The van der Waals surface area contributed by atoms with E-state index in [0.29, 0.717) is 13.1 Å². The Morgan fingerprint density at radius 2 is 1.54 bits per heavy atom. The molecule has 2 saturated heterocycles. The normalized spacial score (nSPS) is 20.2. The van der Waals surface area contributed by atoms with Crippen LogP contribution in [0.3, 0.4) is 0 Å². The lowest BCUT2D eigenvalue weighted by Crippen LogP contribution is -2.46. The molecule has 1 amide bonds. The molecule has 0 saturated carbocycles.